The third kappa shape index (κ3) is 5.16. The van der Waals surface area contributed by atoms with Crippen LogP contribution in [0.2, 0.25) is 5.82 Å². The van der Waals surface area contributed by atoms with E-state index in [4.69, 9.17) is 0 Å². The van der Waals surface area contributed by atoms with Gasteiger partial charge in [-0.25, -0.2) is 0 Å². The summed E-state index contributed by atoms with van der Waals surface area (Å²) >= 11 is 0. The summed E-state index contributed by atoms with van der Waals surface area (Å²) in [6.45, 7) is 21.9. The normalized spacial score (nSPS) is 24.9. The zero-order valence-electron chi connectivity index (χ0n) is 15.3. The SMILES string of the molecule is BC(C)C(C)C(C)C(C)C(C)C(C)C(C)C(C)CC. The average Bonchev–Trinajstić information content (AvgIpc) is 2.40. The molecular formula is C18H39B. The fourth-order valence-electron chi connectivity index (χ4n) is 3.41. The van der Waals surface area contributed by atoms with Gasteiger partial charge in [-0.1, -0.05) is 74.6 Å². The van der Waals surface area contributed by atoms with Crippen molar-refractivity contribution in [2.45, 2.75) is 74.6 Å². The number of rotatable bonds is 8. The Morgan fingerprint density at radius 1 is 0.579 bits per heavy atom. The van der Waals surface area contributed by atoms with E-state index in [1.807, 2.05) is 0 Å². The Labute approximate surface area is 124 Å². The Kier molecular flexibility index (Phi) is 8.40. The molecule has 0 aliphatic heterocycles. The lowest BCUT2D eigenvalue weighted by Crippen LogP contribution is -2.31. The molecule has 0 saturated carbocycles. The summed E-state index contributed by atoms with van der Waals surface area (Å²) in [4.78, 5) is 0. The predicted octanol–water partition coefficient (Wildman–Crippen LogP) is 5.29. The topological polar surface area (TPSA) is 0 Å². The van der Waals surface area contributed by atoms with E-state index in [1.165, 1.54) is 6.42 Å². The highest BCUT2D eigenvalue weighted by molar-refractivity contribution is 6.11. The Morgan fingerprint density at radius 3 is 1.21 bits per heavy atom. The van der Waals surface area contributed by atoms with Gasteiger partial charge in [0.05, 0.1) is 0 Å². The van der Waals surface area contributed by atoms with Crippen LogP contribution in [-0.4, -0.2) is 7.85 Å². The van der Waals surface area contributed by atoms with Gasteiger partial charge in [0, 0.05) is 0 Å². The molecule has 0 aromatic carbocycles. The molecule has 0 heterocycles. The zero-order chi connectivity index (χ0) is 15.3. The van der Waals surface area contributed by atoms with Crippen molar-refractivity contribution in [3.8, 4) is 0 Å². The Morgan fingerprint density at radius 2 is 0.895 bits per heavy atom. The van der Waals surface area contributed by atoms with Crippen LogP contribution in [0.5, 0.6) is 0 Å². The highest BCUT2D eigenvalue weighted by Crippen LogP contribution is 2.38. The van der Waals surface area contributed by atoms with Gasteiger partial charge in [-0.2, -0.15) is 0 Å². The van der Waals surface area contributed by atoms with Gasteiger partial charge in [-0.05, 0) is 41.4 Å². The first-order chi connectivity index (χ1) is 8.64. The molecule has 114 valence electrons. The van der Waals surface area contributed by atoms with Crippen LogP contribution < -0.4 is 0 Å². The molecule has 0 bridgehead atoms. The van der Waals surface area contributed by atoms with Crippen LogP contribution in [0.3, 0.4) is 0 Å². The molecule has 0 aromatic heterocycles. The molecule has 0 amide bonds. The fourth-order valence-corrected chi connectivity index (χ4v) is 3.41. The van der Waals surface area contributed by atoms with E-state index in [9.17, 15) is 0 Å². The van der Waals surface area contributed by atoms with E-state index >= 15 is 0 Å². The average molecular weight is 266 g/mol. The molecule has 8 unspecified atom stereocenters. The zero-order valence-corrected chi connectivity index (χ0v) is 15.3. The number of hydrogen-bond acceptors (Lipinski definition) is 0. The van der Waals surface area contributed by atoms with Gasteiger partial charge in [0.2, 0.25) is 0 Å². The van der Waals surface area contributed by atoms with Crippen molar-refractivity contribution in [1.29, 1.82) is 0 Å². The Bertz CT molecular complexity index is 236. The minimum atomic E-state index is 0.798. The van der Waals surface area contributed by atoms with Gasteiger partial charge >= 0.3 is 0 Å². The summed E-state index contributed by atoms with van der Waals surface area (Å²) in [6, 6.07) is 0. The largest absolute Gasteiger partial charge is 0.105 e. The molecule has 0 aliphatic carbocycles. The quantitative estimate of drug-likeness (QED) is 0.523. The molecule has 1 heteroatoms. The molecule has 0 radical (unpaired) electrons. The molecule has 0 spiro atoms. The second kappa shape index (κ2) is 8.37. The first-order valence-corrected chi connectivity index (χ1v) is 8.64. The van der Waals surface area contributed by atoms with Crippen LogP contribution in [0.15, 0.2) is 0 Å². The molecule has 0 aliphatic rings. The van der Waals surface area contributed by atoms with Crippen molar-refractivity contribution in [3.05, 3.63) is 0 Å². The molecule has 0 saturated heterocycles. The first-order valence-electron chi connectivity index (χ1n) is 8.64. The second-order valence-electron chi connectivity index (χ2n) is 7.78. The van der Waals surface area contributed by atoms with Gasteiger partial charge in [0.15, 0.2) is 0 Å². The standard InChI is InChI=1S/C18H39B/c1-10-11(2)12(3)13(4)14(5)15(6)16(7)17(8)18(9)19/h11-18H,10,19H2,1-9H3. The molecule has 0 aromatic rings. The first kappa shape index (κ1) is 19.1. The van der Waals surface area contributed by atoms with Crippen LogP contribution in [0.4, 0.5) is 0 Å². The van der Waals surface area contributed by atoms with Crippen molar-refractivity contribution in [1.82, 2.24) is 0 Å². The maximum Gasteiger partial charge on any atom is 0.105 e. The molecular weight excluding hydrogens is 227 g/mol. The monoisotopic (exact) mass is 266 g/mol. The van der Waals surface area contributed by atoms with Crippen molar-refractivity contribution in [2.75, 3.05) is 0 Å². The third-order valence-corrected chi connectivity index (χ3v) is 6.74. The Hall–Kier alpha value is 0.0649. The molecule has 8 atom stereocenters. The van der Waals surface area contributed by atoms with E-state index < -0.39 is 0 Å². The van der Waals surface area contributed by atoms with Crippen molar-refractivity contribution < 1.29 is 0 Å². The maximum absolute atomic E-state index is 2.48. The van der Waals surface area contributed by atoms with E-state index in [1.54, 1.807) is 0 Å². The van der Waals surface area contributed by atoms with E-state index in [0.29, 0.717) is 0 Å². The number of hydrogen-bond donors (Lipinski definition) is 0. The Balaban J connectivity index is 4.67. The summed E-state index contributed by atoms with van der Waals surface area (Å²) in [5, 5.41) is 0. The molecule has 19 heavy (non-hydrogen) atoms. The molecule has 0 nitrogen and oxygen atoms in total. The van der Waals surface area contributed by atoms with Gasteiger partial charge in [0.1, 0.15) is 7.85 Å². The summed E-state index contributed by atoms with van der Waals surface area (Å²) in [5.74, 6) is 6.59. The van der Waals surface area contributed by atoms with Crippen LogP contribution in [0.1, 0.15) is 68.7 Å². The maximum atomic E-state index is 2.48. The minimum Gasteiger partial charge on any atom is -0.0697 e. The van der Waals surface area contributed by atoms with Crippen molar-refractivity contribution >= 4 is 7.85 Å². The predicted molar refractivity (Wildman–Crippen MR) is 92.4 cm³/mol. The van der Waals surface area contributed by atoms with Gasteiger partial charge < -0.3 is 0 Å². The molecule has 0 fully saturated rings. The van der Waals surface area contributed by atoms with Crippen LogP contribution in [0.25, 0.3) is 0 Å². The third-order valence-electron chi connectivity index (χ3n) is 6.74. The highest BCUT2D eigenvalue weighted by Gasteiger charge is 2.31. The summed E-state index contributed by atoms with van der Waals surface area (Å²) < 4.78 is 0. The summed E-state index contributed by atoms with van der Waals surface area (Å²) in [7, 11) is 2.36. The second-order valence-corrected chi connectivity index (χ2v) is 7.78. The lowest BCUT2D eigenvalue weighted by Gasteiger charge is -2.38. The van der Waals surface area contributed by atoms with Crippen LogP contribution in [-0.2, 0) is 0 Å². The lowest BCUT2D eigenvalue weighted by atomic mass is 9.64. The van der Waals surface area contributed by atoms with Crippen LogP contribution >= 0.6 is 0 Å². The van der Waals surface area contributed by atoms with E-state index in [-0.39, 0.29) is 0 Å². The van der Waals surface area contributed by atoms with Crippen molar-refractivity contribution in [3.63, 3.8) is 0 Å². The summed E-state index contributed by atoms with van der Waals surface area (Å²) in [6.07, 6.45) is 1.31. The van der Waals surface area contributed by atoms with Crippen molar-refractivity contribution in [2.24, 2.45) is 41.4 Å². The fraction of sp³-hybridized carbons (Fsp3) is 1.00. The molecule has 0 rings (SSSR count). The van der Waals surface area contributed by atoms with E-state index in [0.717, 1.165) is 47.2 Å². The lowest BCUT2D eigenvalue weighted by molar-refractivity contribution is 0.116. The highest BCUT2D eigenvalue weighted by atomic mass is 14.4. The van der Waals surface area contributed by atoms with Crippen LogP contribution in [0, 0.1) is 41.4 Å². The summed E-state index contributed by atoms with van der Waals surface area (Å²) in [5.41, 5.74) is 0. The van der Waals surface area contributed by atoms with E-state index in [2.05, 4.69) is 70.2 Å². The molecule has 0 N–H and O–H groups in total. The smallest absolute Gasteiger partial charge is 0.0697 e. The minimum absolute atomic E-state index is 0.798. The van der Waals surface area contributed by atoms with Gasteiger partial charge in [0.25, 0.3) is 0 Å². The van der Waals surface area contributed by atoms with Gasteiger partial charge in [-0.15, -0.1) is 0 Å². The van der Waals surface area contributed by atoms with Gasteiger partial charge in [-0.3, -0.25) is 0 Å².